The summed E-state index contributed by atoms with van der Waals surface area (Å²) in [4.78, 5) is 18.9. The van der Waals surface area contributed by atoms with Crippen LogP contribution in [0.4, 0.5) is 5.13 Å². The molecular weight excluding hydrogens is 394 g/mol. The summed E-state index contributed by atoms with van der Waals surface area (Å²) in [5, 5.41) is 16.0. The van der Waals surface area contributed by atoms with Crippen molar-refractivity contribution in [2.45, 2.75) is 31.7 Å². The van der Waals surface area contributed by atoms with Gasteiger partial charge in [-0.25, -0.2) is 9.78 Å². The van der Waals surface area contributed by atoms with Crippen molar-refractivity contribution in [1.29, 1.82) is 0 Å². The lowest BCUT2D eigenvalue weighted by atomic mass is 9.70. The predicted molar refractivity (Wildman–Crippen MR) is 121 cm³/mol. The van der Waals surface area contributed by atoms with Gasteiger partial charge in [0.15, 0.2) is 5.13 Å². The number of rotatable bonds is 7. The van der Waals surface area contributed by atoms with Crippen LogP contribution in [0.15, 0.2) is 60.0 Å². The summed E-state index contributed by atoms with van der Waals surface area (Å²) in [6.45, 7) is 5.41. The van der Waals surface area contributed by atoms with E-state index in [0.29, 0.717) is 12.1 Å². The summed E-state index contributed by atoms with van der Waals surface area (Å²) in [5.74, 6) is -0.861. The Bertz CT molecular complexity index is 994. The minimum atomic E-state index is -0.861. The lowest BCUT2D eigenvalue weighted by Crippen LogP contribution is -2.43. The zero-order valence-electron chi connectivity index (χ0n) is 17.2. The Labute approximate surface area is 181 Å². The molecule has 0 amide bonds. The van der Waals surface area contributed by atoms with Crippen LogP contribution >= 0.6 is 11.3 Å². The molecule has 1 aliphatic heterocycles. The molecule has 4 rings (SSSR count). The molecular formula is C24H27N3O2S. The smallest absolute Gasteiger partial charge is 0.336 e. The zero-order valence-corrected chi connectivity index (χ0v) is 18.0. The largest absolute Gasteiger partial charge is 0.478 e. The van der Waals surface area contributed by atoms with Gasteiger partial charge in [-0.2, -0.15) is 0 Å². The summed E-state index contributed by atoms with van der Waals surface area (Å²) >= 11 is 1.67. The fraction of sp³-hybridized carbons (Fsp3) is 0.333. The maximum atomic E-state index is 11.6. The van der Waals surface area contributed by atoms with Crippen molar-refractivity contribution in [1.82, 2.24) is 9.88 Å². The number of anilines is 1. The summed E-state index contributed by atoms with van der Waals surface area (Å²) in [7, 11) is 0. The Balaban J connectivity index is 1.57. The van der Waals surface area contributed by atoms with E-state index in [1.807, 2.05) is 12.1 Å². The molecule has 1 fully saturated rings. The van der Waals surface area contributed by atoms with Gasteiger partial charge < -0.3 is 10.4 Å². The number of carboxylic acids is 1. The van der Waals surface area contributed by atoms with E-state index < -0.39 is 5.97 Å². The van der Waals surface area contributed by atoms with Crippen LogP contribution in [0.25, 0.3) is 0 Å². The number of thiazole rings is 1. The highest BCUT2D eigenvalue weighted by Crippen LogP contribution is 2.42. The molecule has 0 radical (unpaired) electrons. The second-order valence-electron chi connectivity index (χ2n) is 7.75. The molecule has 0 saturated carbocycles. The monoisotopic (exact) mass is 421 g/mol. The van der Waals surface area contributed by atoms with Crippen molar-refractivity contribution in [2.24, 2.45) is 0 Å². The van der Waals surface area contributed by atoms with E-state index in [4.69, 9.17) is 4.98 Å². The summed E-state index contributed by atoms with van der Waals surface area (Å²) in [5.41, 5.74) is 3.62. The van der Waals surface area contributed by atoms with Gasteiger partial charge in [0.25, 0.3) is 0 Å². The maximum Gasteiger partial charge on any atom is 0.336 e. The van der Waals surface area contributed by atoms with Crippen LogP contribution < -0.4 is 5.32 Å². The number of likely N-dealkylation sites (tertiary alicyclic amines) is 1. The van der Waals surface area contributed by atoms with E-state index in [0.717, 1.165) is 48.9 Å². The second kappa shape index (κ2) is 8.98. The number of hydrogen-bond acceptors (Lipinski definition) is 5. The van der Waals surface area contributed by atoms with Crippen molar-refractivity contribution in [3.8, 4) is 0 Å². The van der Waals surface area contributed by atoms with Gasteiger partial charge in [0.2, 0.25) is 0 Å². The van der Waals surface area contributed by atoms with E-state index in [1.54, 1.807) is 23.5 Å². The molecule has 1 aliphatic rings. The van der Waals surface area contributed by atoms with Gasteiger partial charge in [0, 0.05) is 23.9 Å². The Morgan fingerprint density at radius 3 is 2.53 bits per heavy atom. The number of carbonyl (C=O) groups is 1. The molecule has 0 spiro atoms. The highest BCUT2D eigenvalue weighted by atomic mass is 32.1. The average Bonchev–Trinajstić information content (AvgIpc) is 3.25. The second-order valence-corrected chi connectivity index (χ2v) is 8.61. The quantitative estimate of drug-likeness (QED) is 0.571. The Morgan fingerprint density at radius 1 is 1.13 bits per heavy atom. The van der Waals surface area contributed by atoms with Crippen molar-refractivity contribution in [3.63, 3.8) is 0 Å². The van der Waals surface area contributed by atoms with Gasteiger partial charge in [-0.3, -0.25) is 4.90 Å². The highest BCUT2D eigenvalue weighted by Gasteiger charge is 2.39. The number of benzene rings is 2. The summed E-state index contributed by atoms with van der Waals surface area (Å²) < 4.78 is 0. The molecule has 0 atom stereocenters. The van der Waals surface area contributed by atoms with E-state index in [-0.39, 0.29) is 5.41 Å². The number of nitrogens with one attached hydrogen (secondary N) is 1. The van der Waals surface area contributed by atoms with Crippen LogP contribution in [0.1, 0.15) is 46.9 Å². The third-order valence-electron chi connectivity index (χ3n) is 6.00. The molecule has 156 valence electrons. The molecule has 2 N–H and O–H groups in total. The molecule has 5 nitrogen and oxygen atoms in total. The molecule has 6 heteroatoms. The van der Waals surface area contributed by atoms with Crippen molar-refractivity contribution in [3.05, 3.63) is 82.4 Å². The topological polar surface area (TPSA) is 65.5 Å². The van der Waals surface area contributed by atoms with Gasteiger partial charge in [-0.15, -0.1) is 11.3 Å². The molecule has 30 heavy (non-hydrogen) atoms. The fourth-order valence-corrected chi connectivity index (χ4v) is 5.26. The number of aromatic nitrogens is 1. The van der Waals surface area contributed by atoms with Crippen molar-refractivity contribution < 1.29 is 9.90 Å². The van der Waals surface area contributed by atoms with Crippen molar-refractivity contribution >= 4 is 22.4 Å². The molecule has 1 saturated heterocycles. The first-order chi connectivity index (χ1) is 14.6. The van der Waals surface area contributed by atoms with E-state index in [2.05, 4.69) is 52.9 Å². The number of hydrogen-bond donors (Lipinski definition) is 2. The molecule has 0 unspecified atom stereocenters. The standard InChI is InChI=1S/C24H27N3O2S/c1-2-25-23-26-21(17-30-23)24(19-9-4-3-5-10-19)12-14-27(15-13-24)16-18-8-6-7-11-20(18)22(28)29/h3-11,17H,2,12-16H2,1H3,(H,25,26)(H,28,29). The summed E-state index contributed by atoms with van der Waals surface area (Å²) in [6.07, 6.45) is 1.92. The van der Waals surface area contributed by atoms with E-state index in [1.165, 1.54) is 5.56 Å². The van der Waals surface area contributed by atoms with Crippen LogP contribution in [0.5, 0.6) is 0 Å². The number of piperidine rings is 1. The lowest BCUT2D eigenvalue weighted by molar-refractivity contribution is 0.0693. The first-order valence-corrected chi connectivity index (χ1v) is 11.3. The summed E-state index contributed by atoms with van der Waals surface area (Å²) in [6, 6.07) is 18.0. The molecule has 0 aliphatic carbocycles. The first kappa shape index (κ1) is 20.6. The molecule has 2 aromatic carbocycles. The first-order valence-electron chi connectivity index (χ1n) is 10.4. The predicted octanol–water partition coefficient (Wildman–Crippen LogP) is 4.86. The SMILES string of the molecule is CCNc1nc(C2(c3ccccc3)CCN(Cc3ccccc3C(=O)O)CC2)cs1. The minimum absolute atomic E-state index is 0.103. The Hall–Kier alpha value is -2.70. The third kappa shape index (κ3) is 4.11. The lowest BCUT2D eigenvalue weighted by Gasteiger charge is -2.41. The van der Waals surface area contributed by atoms with E-state index >= 15 is 0 Å². The van der Waals surface area contributed by atoms with Crippen LogP contribution in [0.2, 0.25) is 0 Å². The van der Waals surface area contributed by atoms with Gasteiger partial charge in [0.05, 0.1) is 11.3 Å². The van der Waals surface area contributed by atoms with Gasteiger partial charge in [0.1, 0.15) is 0 Å². The minimum Gasteiger partial charge on any atom is -0.478 e. The number of nitrogens with zero attached hydrogens (tertiary/aromatic N) is 2. The number of carboxylic acid groups (broad SMARTS) is 1. The van der Waals surface area contributed by atoms with Gasteiger partial charge in [-0.1, -0.05) is 48.5 Å². The zero-order chi connectivity index (χ0) is 21.0. The van der Waals surface area contributed by atoms with Crippen LogP contribution in [0.3, 0.4) is 0 Å². The molecule has 1 aromatic heterocycles. The third-order valence-corrected chi connectivity index (χ3v) is 6.80. The normalized spacial score (nSPS) is 16.3. The van der Waals surface area contributed by atoms with Crippen LogP contribution in [-0.2, 0) is 12.0 Å². The van der Waals surface area contributed by atoms with Gasteiger partial charge >= 0.3 is 5.97 Å². The Morgan fingerprint density at radius 2 is 1.83 bits per heavy atom. The molecule has 0 bridgehead atoms. The maximum absolute atomic E-state index is 11.6. The van der Waals surface area contributed by atoms with Crippen molar-refractivity contribution in [2.75, 3.05) is 25.0 Å². The van der Waals surface area contributed by atoms with Crippen LogP contribution in [-0.4, -0.2) is 40.6 Å². The highest BCUT2D eigenvalue weighted by molar-refractivity contribution is 7.13. The average molecular weight is 422 g/mol. The fourth-order valence-electron chi connectivity index (χ4n) is 4.38. The van der Waals surface area contributed by atoms with Crippen LogP contribution in [0, 0.1) is 0 Å². The number of aromatic carboxylic acids is 1. The molecule has 3 aromatic rings. The van der Waals surface area contributed by atoms with Gasteiger partial charge in [-0.05, 0) is 50.0 Å². The Kier molecular flexibility index (Phi) is 6.16. The van der Waals surface area contributed by atoms with E-state index in [9.17, 15) is 9.90 Å². The molecule has 2 heterocycles.